The summed E-state index contributed by atoms with van der Waals surface area (Å²) in [5.74, 6) is 0.280. The average molecular weight is 281 g/mol. The lowest BCUT2D eigenvalue weighted by Gasteiger charge is -2.36. The van der Waals surface area contributed by atoms with Gasteiger partial charge in [-0.05, 0) is 19.3 Å². The fourth-order valence-corrected chi connectivity index (χ4v) is 3.30. The first-order valence-corrected chi connectivity index (χ1v) is 7.93. The molecular formula is C15H27N3O2. The molecule has 1 aliphatic carbocycles. The summed E-state index contributed by atoms with van der Waals surface area (Å²) in [6.45, 7) is 4.64. The molecule has 2 N–H and O–H groups in total. The smallest absolute Gasteiger partial charge is 0.242 e. The Morgan fingerprint density at radius 3 is 2.20 bits per heavy atom. The molecule has 0 unspecified atom stereocenters. The number of rotatable bonds is 2. The van der Waals surface area contributed by atoms with Gasteiger partial charge in [-0.1, -0.05) is 26.2 Å². The third kappa shape index (κ3) is 3.32. The van der Waals surface area contributed by atoms with Crippen molar-refractivity contribution >= 4 is 11.8 Å². The molecule has 0 aromatic rings. The average Bonchev–Trinajstić information content (AvgIpc) is 2.72. The predicted octanol–water partition coefficient (Wildman–Crippen LogP) is 1.12. The largest absolute Gasteiger partial charge is 0.341 e. The molecule has 114 valence electrons. The van der Waals surface area contributed by atoms with Gasteiger partial charge in [-0.25, -0.2) is 0 Å². The van der Waals surface area contributed by atoms with Gasteiger partial charge in [-0.2, -0.15) is 0 Å². The lowest BCUT2D eigenvalue weighted by molar-refractivity contribution is -0.138. The topological polar surface area (TPSA) is 66.6 Å². The number of nitrogens with zero attached hydrogens (tertiary/aromatic N) is 2. The van der Waals surface area contributed by atoms with Crippen molar-refractivity contribution in [3.8, 4) is 0 Å². The van der Waals surface area contributed by atoms with Crippen LogP contribution in [0.25, 0.3) is 0 Å². The molecule has 2 aliphatic rings. The molecule has 1 saturated heterocycles. The van der Waals surface area contributed by atoms with Gasteiger partial charge in [0.2, 0.25) is 11.8 Å². The second-order valence-electron chi connectivity index (χ2n) is 6.10. The monoisotopic (exact) mass is 281 g/mol. The van der Waals surface area contributed by atoms with E-state index in [4.69, 9.17) is 5.73 Å². The van der Waals surface area contributed by atoms with Crippen LogP contribution in [-0.4, -0.2) is 53.3 Å². The van der Waals surface area contributed by atoms with Crippen molar-refractivity contribution in [2.24, 2.45) is 5.73 Å². The minimum Gasteiger partial charge on any atom is -0.341 e. The van der Waals surface area contributed by atoms with Gasteiger partial charge in [0.1, 0.15) is 0 Å². The van der Waals surface area contributed by atoms with E-state index in [1.54, 1.807) is 0 Å². The van der Waals surface area contributed by atoms with E-state index in [1.165, 1.54) is 6.42 Å². The fraction of sp³-hybridized carbons (Fsp3) is 0.867. The van der Waals surface area contributed by atoms with E-state index in [1.807, 2.05) is 16.7 Å². The molecule has 0 aromatic heterocycles. The maximum atomic E-state index is 12.7. The number of amides is 2. The molecule has 1 aliphatic heterocycles. The molecule has 0 atom stereocenters. The van der Waals surface area contributed by atoms with Crippen molar-refractivity contribution in [3.05, 3.63) is 0 Å². The van der Waals surface area contributed by atoms with E-state index in [0.29, 0.717) is 19.5 Å². The van der Waals surface area contributed by atoms with Crippen molar-refractivity contribution in [1.82, 2.24) is 9.80 Å². The van der Waals surface area contributed by atoms with E-state index in [-0.39, 0.29) is 11.8 Å². The minimum absolute atomic E-state index is 0.1000. The second-order valence-corrected chi connectivity index (χ2v) is 6.10. The third-order valence-electron chi connectivity index (χ3n) is 4.61. The molecule has 0 bridgehead atoms. The van der Waals surface area contributed by atoms with Crippen LogP contribution in [-0.2, 0) is 9.59 Å². The molecule has 0 aromatic carbocycles. The Hall–Kier alpha value is -1.10. The minimum atomic E-state index is -0.651. The summed E-state index contributed by atoms with van der Waals surface area (Å²) in [7, 11) is 0. The number of nitrogens with two attached hydrogens (primary N) is 1. The SMILES string of the molecule is CCC(=O)N1CCCN(C(=O)C2(N)CCCCC2)CC1. The Morgan fingerprint density at radius 2 is 1.55 bits per heavy atom. The summed E-state index contributed by atoms with van der Waals surface area (Å²) in [5, 5.41) is 0. The van der Waals surface area contributed by atoms with Crippen LogP contribution in [0, 0.1) is 0 Å². The van der Waals surface area contributed by atoms with Crippen LogP contribution in [0.5, 0.6) is 0 Å². The Bertz CT molecular complexity index is 364. The molecule has 1 heterocycles. The van der Waals surface area contributed by atoms with Crippen LogP contribution in [0.1, 0.15) is 51.9 Å². The molecule has 0 spiro atoms. The summed E-state index contributed by atoms with van der Waals surface area (Å²) >= 11 is 0. The van der Waals surface area contributed by atoms with Crippen LogP contribution >= 0.6 is 0 Å². The number of carbonyl (C=O) groups excluding carboxylic acids is 2. The van der Waals surface area contributed by atoms with Crippen molar-refractivity contribution in [1.29, 1.82) is 0 Å². The summed E-state index contributed by atoms with van der Waals surface area (Å²) in [6, 6.07) is 0. The summed E-state index contributed by atoms with van der Waals surface area (Å²) < 4.78 is 0. The van der Waals surface area contributed by atoms with Gasteiger partial charge in [0, 0.05) is 32.6 Å². The Kier molecular flexibility index (Phi) is 5.02. The molecule has 5 nitrogen and oxygen atoms in total. The van der Waals surface area contributed by atoms with Crippen LogP contribution in [0.2, 0.25) is 0 Å². The molecule has 2 fully saturated rings. The summed E-state index contributed by atoms with van der Waals surface area (Å²) in [5.41, 5.74) is 5.68. The summed E-state index contributed by atoms with van der Waals surface area (Å²) in [6.07, 6.45) is 6.29. The molecule has 2 rings (SSSR count). The highest BCUT2D eigenvalue weighted by Crippen LogP contribution is 2.28. The van der Waals surface area contributed by atoms with Gasteiger partial charge in [0.05, 0.1) is 5.54 Å². The Labute approximate surface area is 121 Å². The van der Waals surface area contributed by atoms with E-state index in [9.17, 15) is 9.59 Å². The van der Waals surface area contributed by atoms with Crippen molar-refractivity contribution in [2.45, 2.75) is 57.4 Å². The number of carbonyl (C=O) groups is 2. The normalized spacial score (nSPS) is 23.3. The standard InChI is InChI=1S/C15H27N3O2/c1-2-13(19)17-9-6-10-18(12-11-17)14(20)15(16)7-4-3-5-8-15/h2-12,16H2,1H3. The lowest BCUT2D eigenvalue weighted by Crippen LogP contribution is -2.56. The Balaban J connectivity index is 1.95. The maximum Gasteiger partial charge on any atom is 0.242 e. The van der Waals surface area contributed by atoms with E-state index < -0.39 is 5.54 Å². The zero-order valence-corrected chi connectivity index (χ0v) is 12.6. The van der Waals surface area contributed by atoms with Crippen molar-refractivity contribution in [3.63, 3.8) is 0 Å². The number of hydrogen-bond acceptors (Lipinski definition) is 3. The maximum absolute atomic E-state index is 12.7. The van der Waals surface area contributed by atoms with E-state index in [0.717, 1.165) is 45.2 Å². The molecule has 20 heavy (non-hydrogen) atoms. The lowest BCUT2D eigenvalue weighted by atomic mass is 9.81. The van der Waals surface area contributed by atoms with Gasteiger partial charge in [0.25, 0.3) is 0 Å². The number of hydrogen-bond donors (Lipinski definition) is 1. The fourth-order valence-electron chi connectivity index (χ4n) is 3.30. The molecule has 1 saturated carbocycles. The summed E-state index contributed by atoms with van der Waals surface area (Å²) in [4.78, 5) is 28.2. The highest BCUT2D eigenvalue weighted by molar-refractivity contribution is 5.86. The van der Waals surface area contributed by atoms with Crippen LogP contribution in [0.3, 0.4) is 0 Å². The van der Waals surface area contributed by atoms with Crippen molar-refractivity contribution < 1.29 is 9.59 Å². The van der Waals surface area contributed by atoms with Crippen molar-refractivity contribution in [2.75, 3.05) is 26.2 Å². The van der Waals surface area contributed by atoms with Gasteiger partial charge in [-0.15, -0.1) is 0 Å². The van der Waals surface area contributed by atoms with Gasteiger partial charge in [-0.3, -0.25) is 9.59 Å². The van der Waals surface area contributed by atoms with E-state index in [2.05, 4.69) is 0 Å². The van der Waals surface area contributed by atoms with Gasteiger partial charge >= 0.3 is 0 Å². The third-order valence-corrected chi connectivity index (χ3v) is 4.61. The zero-order chi connectivity index (χ0) is 14.6. The van der Waals surface area contributed by atoms with E-state index >= 15 is 0 Å². The van der Waals surface area contributed by atoms with Crippen LogP contribution < -0.4 is 5.73 Å². The first kappa shape index (κ1) is 15.3. The molecule has 2 amide bonds. The molecule has 5 heteroatoms. The first-order chi connectivity index (χ1) is 9.57. The second kappa shape index (κ2) is 6.57. The highest BCUT2D eigenvalue weighted by Gasteiger charge is 2.38. The predicted molar refractivity (Wildman–Crippen MR) is 78.1 cm³/mol. The van der Waals surface area contributed by atoms with Gasteiger partial charge in [0.15, 0.2) is 0 Å². The molecular weight excluding hydrogens is 254 g/mol. The van der Waals surface area contributed by atoms with Gasteiger partial charge < -0.3 is 15.5 Å². The van der Waals surface area contributed by atoms with Crippen LogP contribution in [0.15, 0.2) is 0 Å². The highest BCUT2D eigenvalue weighted by atomic mass is 16.2. The Morgan fingerprint density at radius 1 is 0.950 bits per heavy atom. The van der Waals surface area contributed by atoms with Crippen LogP contribution in [0.4, 0.5) is 0 Å². The quantitative estimate of drug-likeness (QED) is 0.825. The zero-order valence-electron chi connectivity index (χ0n) is 12.6. The molecule has 0 radical (unpaired) electrons. The first-order valence-electron chi connectivity index (χ1n) is 7.93.